The summed E-state index contributed by atoms with van der Waals surface area (Å²) in [5.41, 5.74) is 6.56. The van der Waals surface area contributed by atoms with Crippen LogP contribution in [0.25, 0.3) is 0 Å². The van der Waals surface area contributed by atoms with Crippen LogP contribution in [0.3, 0.4) is 0 Å². The van der Waals surface area contributed by atoms with E-state index < -0.39 is 5.97 Å². The SMILES string of the molecule is Nc1nc(COC(=O)c2cnccn2)nc(Nc2ccccc2)n1. The first-order valence-corrected chi connectivity index (χ1v) is 6.96. The molecule has 0 fully saturated rings. The summed E-state index contributed by atoms with van der Waals surface area (Å²) in [7, 11) is 0. The Balaban J connectivity index is 1.69. The molecule has 0 aliphatic carbocycles. The van der Waals surface area contributed by atoms with Gasteiger partial charge in [0.05, 0.1) is 6.20 Å². The smallest absolute Gasteiger partial charge is 0.358 e. The Labute approximate surface area is 137 Å². The van der Waals surface area contributed by atoms with Crippen molar-refractivity contribution < 1.29 is 9.53 Å². The number of carbonyl (C=O) groups excluding carboxylic acids is 1. The van der Waals surface area contributed by atoms with Gasteiger partial charge in [0.2, 0.25) is 11.9 Å². The largest absolute Gasteiger partial charge is 0.453 e. The van der Waals surface area contributed by atoms with Crippen LogP contribution in [0.4, 0.5) is 17.6 Å². The summed E-state index contributed by atoms with van der Waals surface area (Å²) >= 11 is 0. The maximum Gasteiger partial charge on any atom is 0.358 e. The van der Waals surface area contributed by atoms with E-state index in [1.54, 1.807) is 0 Å². The van der Waals surface area contributed by atoms with Crippen LogP contribution >= 0.6 is 0 Å². The number of carbonyl (C=O) groups is 1. The first kappa shape index (κ1) is 15.3. The van der Waals surface area contributed by atoms with Gasteiger partial charge >= 0.3 is 5.97 Å². The molecule has 120 valence electrons. The average Bonchev–Trinajstić information content (AvgIpc) is 2.61. The Hall–Kier alpha value is -3.62. The molecule has 0 radical (unpaired) electrons. The number of aromatic nitrogens is 5. The number of nitrogens with one attached hydrogen (secondary N) is 1. The standard InChI is InChI=1S/C15H13N7O2/c16-14-20-12(9-24-13(23)11-8-17-6-7-18-11)21-15(22-14)19-10-4-2-1-3-5-10/h1-8H,9H2,(H3,16,19,20,21,22). The molecular weight excluding hydrogens is 310 g/mol. The summed E-state index contributed by atoms with van der Waals surface area (Å²) in [6.07, 6.45) is 4.18. The Morgan fingerprint density at radius 2 is 1.96 bits per heavy atom. The number of nitrogens with zero attached hydrogens (tertiary/aromatic N) is 5. The number of hydrogen-bond donors (Lipinski definition) is 2. The summed E-state index contributed by atoms with van der Waals surface area (Å²) < 4.78 is 5.10. The predicted octanol–water partition coefficient (Wildman–Crippen LogP) is 1.34. The molecular formula is C15H13N7O2. The van der Waals surface area contributed by atoms with E-state index in [4.69, 9.17) is 10.5 Å². The van der Waals surface area contributed by atoms with E-state index in [0.717, 1.165) is 5.69 Å². The number of nitrogen functional groups attached to an aromatic ring is 1. The molecule has 3 rings (SSSR count). The van der Waals surface area contributed by atoms with E-state index in [1.165, 1.54) is 18.6 Å². The second-order valence-corrected chi connectivity index (χ2v) is 4.59. The minimum Gasteiger partial charge on any atom is -0.453 e. The Bertz CT molecular complexity index is 828. The molecule has 0 atom stereocenters. The second kappa shape index (κ2) is 7.09. The first-order chi connectivity index (χ1) is 11.7. The lowest BCUT2D eigenvalue weighted by Gasteiger charge is -2.07. The molecule has 0 saturated carbocycles. The van der Waals surface area contributed by atoms with Crippen molar-refractivity contribution >= 4 is 23.6 Å². The third kappa shape index (κ3) is 3.97. The van der Waals surface area contributed by atoms with Crippen molar-refractivity contribution in [3.05, 3.63) is 60.4 Å². The zero-order valence-electron chi connectivity index (χ0n) is 12.5. The van der Waals surface area contributed by atoms with Gasteiger partial charge in [0.15, 0.2) is 18.1 Å². The Kier molecular flexibility index (Phi) is 4.52. The highest BCUT2D eigenvalue weighted by atomic mass is 16.5. The van der Waals surface area contributed by atoms with Crippen LogP contribution in [0.2, 0.25) is 0 Å². The van der Waals surface area contributed by atoms with Gasteiger partial charge in [-0.05, 0) is 12.1 Å². The number of benzene rings is 1. The molecule has 2 heterocycles. The Morgan fingerprint density at radius 1 is 1.12 bits per heavy atom. The molecule has 0 amide bonds. The van der Waals surface area contributed by atoms with Crippen molar-refractivity contribution in [3.63, 3.8) is 0 Å². The van der Waals surface area contributed by atoms with Gasteiger partial charge in [0, 0.05) is 18.1 Å². The van der Waals surface area contributed by atoms with Gasteiger partial charge in [0.25, 0.3) is 0 Å². The highest BCUT2D eigenvalue weighted by Gasteiger charge is 2.11. The number of esters is 1. The van der Waals surface area contributed by atoms with Gasteiger partial charge in [-0.2, -0.15) is 15.0 Å². The van der Waals surface area contributed by atoms with E-state index >= 15 is 0 Å². The third-order valence-electron chi connectivity index (χ3n) is 2.83. The quantitative estimate of drug-likeness (QED) is 0.668. The molecule has 0 aliphatic rings. The molecule has 24 heavy (non-hydrogen) atoms. The molecule has 1 aromatic carbocycles. The molecule has 3 aromatic rings. The third-order valence-corrected chi connectivity index (χ3v) is 2.83. The van der Waals surface area contributed by atoms with Gasteiger partial charge in [-0.25, -0.2) is 9.78 Å². The fraction of sp³-hybridized carbons (Fsp3) is 0.0667. The predicted molar refractivity (Wildman–Crippen MR) is 85.1 cm³/mol. The summed E-state index contributed by atoms with van der Waals surface area (Å²) in [4.78, 5) is 31.6. The number of para-hydroxylation sites is 1. The second-order valence-electron chi connectivity index (χ2n) is 4.59. The number of hydrogen-bond acceptors (Lipinski definition) is 9. The minimum atomic E-state index is -0.625. The van der Waals surface area contributed by atoms with Crippen LogP contribution in [0.1, 0.15) is 16.3 Å². The number of nitrogens with two attached hydrogens (primary N) is 1. The number of anilines is 3. The van der Waals surface area contributed by atoms with Crippen LogP contribution in [0, 0.1) is 0 Å². The van der Waals surface area contributed by atoms with Crippen LogP contribution in [-0.4, -0.2) is 30.9 Å². The van der Waals surface area contributed by atoms with Crippen molar-refractivity contribution in [3.8, 4) is 0 Å². The molecule has 0 unspecified atom stereocenters. The number of ether oxygens (including phenoxy) is 1. The zero-order valence-corrected chi connectivity index (χ0v) is 12.5. The first-order valence-electron chi connectivity index (χ1n) is 6.96. The zero-order chi connectivity index (χ0) is 16.8. The molecule has 0 bridgehead atoms. The molecule has 0 aliphatic heterocycles. The summed E-state index contributed by atoms with van der Waals surface area (Å²) in [5.74, 6) is -0.119. The average molecular weight is 323 g/mol. The van der Waals surface area contributed by atoms with Gasteiger partial charge in [0.1, 0.15) is 0 Å². The van der Waals surface area contributed by atoms with Crippen LogP contribution in [0.15, 0.2) is 48.9 Å². The molecule has 2 aromatic heterocycles. The monoisotopic (exact) mass is 323 g/mol. The minimum absolute atomic E-state index is 0.0222. The highest BCUT2D eigenvalue weighted by molar-refractivity contribution is 5.86. The maximum absolute atomic E-state index is 11.8. The Morgan fingerprint density at radius 3 is 2.71 bits per heavy atom. The topological polar surface area (TPSA) is 129 Å². The lowest BCUT2D eigenvalue weighted by Crippen LogP contribution is -2.12. The molecule has 0 saturated heterocycles. The van der Waals surface area contributed by atoms with E-state index in [0.29, 0.717) is 0 Å². The van der Waals surface area contributed by atoms with Crippen LogP contribution in [0.5, 0.6) is 0 Å². The van der Waals surface area contributed by atoms with Crippen molar-refractivity contribution in [1.82, 2.24) is 24.9 Å². The van der Waals surface area contributed by atoms with Crippen molar-refractivity contribution in [2.24, 2.45) is 0 Å². The van der Waals surface area contributed by atoms with Crippen molar-refractivity contribution in [2.75, 3.05) is 11.1 Å². The summed E-state index contributed by atoms with van der Waals surface area (Å²) in [6, 6.07) is 9.35. The van der Waals surface area contributed by atoms with E-state index in [1.807, 2.05) is 30.3 Å². The lowest BCUT2D eigenvalue weighted by molar-refractivity contribution is 0.0454. The van der Waals surface area contributed by atoms with E-state index in [-0.39, 0.29) is 30.0 Å². The van der Waals surface area contributed by atoms with Crippen molar-refractivity contribution in [1.29, 1.82) is 0 Å². The fourth-order valence-electron chi connectivity index (χ4n) is 1.82. The molecule has 9 nitrogen and oxygen atoms in total. The summed E-state index contributed by atoms with van der Waals surface area (Å²) in [6.45, 7) is -0.161. The lowest BCUT2D eigenvalue weighted by atomic mass is 10.3. The van der Waals surface area contributed by atoms with E-state index in [9.17, 15) is 4.79 Å². The molecule has 9 heteroatoms. The van der Waals surface area contributed by atoms with Gasteiger partial charge in [-0.1, -0.05) is 18.2 Å². The highest BCUT2D eigenvalue weighted by Crippen LogP contribution is 2.13. The van der Waals surface area contributed by atoms with Crippen molar-refractivity contribution in [2.45, 2.75) is 6.61 Å². The fourth-order valence-corrected chi connectivity index (χ4v) is 1.82. The summed E-state index contributed by atoms with van der Waals surface area (Å²) in [5, 5.41) is 3.00. The van der Waals surface area contributed by atoms with Gasteiger partial charge in [-0.15, -0.1) is 0 Å². The van der Waals surface area contributed by atoms with Gasteiger partial charge < -0.3 is 15.8 Å². The van der Waals surface area contributed by atoms with Crippen LogP contribution in [-0.2, 0) is 11.3 Å². The normalized spacial score (nSPS) is 10.2. The van der Waals surface area contributed by atoms with E-state index in [2.05, 4.69) is 30.2 Å². The number of rotatable bonds is 5. The van der Waals surface area contributed by atoms with Gasteiger partial charge in [-0.3, -0.25) is 4.98 Å². The molecule has 0 spiro atoms. The maximum atomic E-state index is 11.8. The molecule has 3 N–H and O–H groups in total. The van der Waals surface area contributed by atoms with Crippen LogP contribution < -0.4 is 11.1 Å².